The van der Waals surface area contributed by atoms with E-state index < -0.39 is 22.4 Å². The molecule has 0 saturated carbocycles. The van der Waals surface area contributed by atoms with E-state index in [2.05, 4.69) is 4.74 Å². The summed E-state index contributed by atoms with van der Waals surface area (Å²) >= 11 is 0. The van der Waals surface area contributed by atoms with Crippen molar-refractivity contribution in [1.29, 1.82) is 0 Å². The lowest BCUT2D eigenvalue weighted by Crippen LogP contribution is -2.17. The number of esters is 1. The molecule has 0 bridgehead atoms. The Kier molecular flexibility index (Phi) is 4.14. The molecule has 0 N–H and O–H groups in total. The van der Waals surface area contributed by atoms with E-state index in [1.54, 1.807) is 30.3 Å². The second kappa shape index (κ2) is 5.83. The third kappa shape index (κ3) is 2.70. The summed E-state index contributed by atoms with van der Waals surface area (Å²) in [5.74, 6) is -0.602. The molecule has 0 aliphatic heterocycles. The normalized spacial score (nSPS) is 11.9. The molecule has 0 aliphatic rings. The minimum Gasteiger partial charge on any atom is -0.465 e. The monoisotopic (exact) mass is 292 g/mol. The van der Waals surface area contributed by atoms with Crippen LogP contribution in [-0.4, -0.2) is 17.3 Å². The molecule has 0 saturated heterocycles. The Morgan fingerprint density at radius 1 is 1.25 bits per heavy atom. The molecule has 1 heterocycles. The summed E-state index contributed by atoms with van der Waals surface area (Å²) in [5.41, 5.74) is -1.07. The number of hydrogen-bond donors (Lipinski definition) is 0. The predicted octanol–water partition coefficient (Wildman–Crippen LogP) is 1.90. The summed E-state index contributed by atoms with van der Waals surface area (Å²) in [6, 6.07) is 9.96. The minimum absolute atomic E-state index is 0.213. The largest absolute Gasteiger partial charge is 0.465 e. The van der Waals surface area contributed by atoms with E-state index >= 15 is 0 Å². The molecule has 6 heteroatoms. The molecular weight excluding hydrogens is 280 g/mol. The van der Waals surface area contributed by atoms with Gasteiger partial charge in [0, 0.05) is 4.90 Å². The van der Waals surface area contributed by atoms with E-state index in [1.165, 1.54) is 13.0 Å². The van der Waals surface area contributed by atoms with E-state index in [9.17, 15) is 13.8 Å². The zero-order valence-electron chi connectivity index (χ0n) is 10.9. The second-order valence-electron chi connectivity index (χ2n) is 3.94. The van der Waals surface area contributed by atoms with E-state index in [0.717, 1.165) is 7.11 Å². The van der Waals surface area contributed by atoms with Crippen LogP contribution in [0.2, 0.25) is 0 Å². The van der Waals surface area contributed by atoms with Crippen LogP contribution in [0.15, 0.2) is 55.4 Å². The highest BCUT2D eigenvalue weighted by Gasteiger charge is 2.19. The van der Waals surface area contributed by atoms with Crippen molar-refractivity contribution in [2.24, 2.45) is 0 Å². The molecule has 0 aliphatic carbocycles. The first-order chi connectivity index (χ1) is 9.54. The number of methoxy groups -OCH3 is 1. The summed E-state index contributed by atoms with van der Waals surface area (Å²) in [5, 5.41) is 0. The van der Waals surface area contributed by atoms with Crippen LogP contribution in [-0.2, 0) is 15.5 Å². The molecule has 1 aromatic heterocycles. The van der Waals surface area contributed by atoms with Crippen molar-refractivity contribution in [1.82, 2.24) is 0 Å². The van der Waals surface area contributed by atoms with Gasteiger partial charge in [-0.3, -0.25) is 0 Å². The molecule has 20 heavy (non-hydrogen) atoms. The van der Waals surface area contributed by atoms with Gasteiger partial charge in [0.2, 0.25) is 0 Å². The summed E-state index contributed by atoms with van der Waals surface area (Å²) in [4.78, 5) is 23.9. The molecule has 0 radical (unpaired) electrons. The second-order valence-corrected chi connectivity index (χ2v) is 5.39. The zero-order valence-corrected chi connectivity index (χ0v) is 11.7. The number of ether oxygens (including phenoxy) is 1. The van der Waals surface area contributed by atoms with Crippen molar-refractivity contribution in [3.8, 4) is 0 Å². The molecule has 2 aromatic rings. The Morgan fingerprint density at radius 2 is 1.90 bits per heavy atom. The molecule has 1 unspecified atom stereocenters. The fraction of sp³-hybridized carbons (Fsp3) is 0.143. The van der Waals surface area contributed by atoms with Gasteiger partial charge in [-0.05, 0) is 25.1 Å². The predicted molar refractivity (Wildman–Crippen MR) is 72.2 cm³/mol. The maximum Gasteiger partial charge on any atom is 0.350 e. The molecule has 104 valence electrons. The van der Waals surface area contributed by atoms with Crippen LogP contribution in [0, 0.1) is 6.92 Å². The molecule has 2 rings (SSSR count). The van der Waals surface area contributed by atoms with E-state index in [-0.39, 0.29) is 16.2 Å². The SMILES string of the molecule is COC(=O)c1cc(S(=O)c2ccccc2)c(C)oc1=O. The van der Waals surface area contributed by atoms with Crippen LogP contribution in [0.3, 0.4) is 0 Å². The Bertz CT molecular complexity index is 718. The van der Waals surface area contributed by atoms with Gasteiger partial charge in [-0.15, -0.1) is 0 Å². The number of carbonyl (C=O) groups is 1. The highest BCUT2D eigenvalue weighted by molar-refractivity contribution is 7.85. The van der Waals surface area contributed by atoms with Gasteiger partial charge in [0.25, 0.3) is 0 Å². The van der Waals surface area contributed by atoms with E-state index in [1.807, 2.05) is 0 Å². The average Bonchev–Trinajstić information content (AvgIpc) is 2.47. The molecule has 0 fully saturated rings. The first-order valence-electron chi connectivity index (χ1n) is 5.74. The zero-order chi connectivity index (χ0) is 14.7. The Morgan fingerprint density at radius 3 is 2.50 bits per heavy atom. The van der Waals surface area contributed by atoms with Gasteiger partial charge in [-0.1, -0.05) is 18.2 Å². The highest BCUT2D eigenvalue weighted by atomic mass is 32.2. The lowest BCUT2D eigenvalue weighted by molar-refractivity contribution is 0.0594. The van der Waals surface area contributed by atoms with Crippen LogP contribution in [0.25, 0.3) is 0 Å². The van der Waals surface area contributed by atoms with Gasteiger partial charge in [0.05, 0.1) is 22.8 Å². The first-order valence-corrected chi connectivity index (χ1v) is 6.89. The number of benzene rings is 1. The van der Waals surface area contributed by atoms with Gasteiger partial charge in [0.1, 0.15) is 11.3 Å². The molecule has 0 amide bonds. The van der Waals surface area contributed by atoms with Crippen molar-refractivity contribution in [2.45, 2.75) is 16.7 Å². The molecular formula is C14H12O5S. The van der Waals surface area contributed by atoms with Crippen LogP contribution in [0.5, 0.6) is 0 Å². The number of rotatable bonds is 3. The summed E-state index contributed by atoms with van der Waals surface area (Å²) in [6.45, 7) is 1.53. The molecule has 0 spiro atoms. The van der Waals surface area contributed by atoms with Crippen molar-refractivity contribution in [3.05, 3.63) is 58.1 Å². The van der Waals surface area contributed by atoms with Gasteiger partial charge >= 0.3 is 11.6 Å². The summed E-state index contributed by atoms with van der Waals surface area (Å²) in [6.07, 6.45) is 0. The quantitative estimate of drug-likeness (QED) is 0.808. The van der Waals surface area contributed by atoms with Gasteiger partial charge in [0.15, 0.2) is 0 Å². The smallest absolute Gasteiger partial charge is 0.350 e. The Labute approximate surface area is 117 Å². The van der Waals surface area contributed by atoms with Crippen molar-refractivity contribution >= 4 is 16.8 Å². The third-order valence-electron chi connectivity index (χ3n) is 2.65. The highest BCUT2D eigenvalue weighted by Crippen LogP contribution is 2.19. The Balaban J connectivity index is 2.55. The van der Waals surface area contributed by atoms with Crippen LogP contribution in [0.1, 0.15) is 16.1 Å². The fourth-order valence-electron chi connectivity index (χ4n) is 1.64. The lowest BCUT2D eigenvalue weighted by atomic mass is 10.3. The van der Waals surface area contributed by atoms with Crippen molar-refractivity contribution in [3.63, 3.8) is 0 Å². The average molecular weight is 292 g/mol. The van der Waals surface area contributed by atoms with Crippen LogP contribution < -0.4 is 5.63 Å². The summed E-state index contributed by atoms with van der Waals surface area (Å²) < 4.78 is 21.9. The number of aryl methyl sites for hydroxylation is 1. The molecule has 1 atom stereocenters. The van der Waals surface area contributed by atoms with Crippen molar-refractivity contribution < 1.29 is 18.2 Å². The van der Waals surface area contributed by atoms with Gasteiger partial charge in [-0.25, -0.2) is 13.8 Å². The number of hydrogen-bond acceptors (Lipinski definition) is 5. The summed E-state index contributed by atoms with van der Waals surface area (Å²) in [7, 11) is -0.374. The van der Waals surface area contributed by atoms with E-state index in [4.69, 9.17) is 4.42 Å². The van der Waals surface area contributed by atoms with Gasteiger partial charge < -0.3 is 9.15 Å². The van der Waals surface area contributed by atoms with E-state index in [0.29, 0.717) is 4.90 Å². The van der Waals surface area contributed by atoms with Crippen molar-refractivity contribution in [2.75, 3.05) is 7.11 Å². The fourth-order valence-corrected chi connectivity index (χ4v) is 2.83. The lowest BCUT2D eigenvalue weighted by Gasteiger charge is -2.06. The minimum atomic E-state index is -1.54. The topological polar surface area (TPSA) is 73.6 Å². The Hall–Kier alpha value is -2.21. The van der Waals surface area contributed by atoms with Gasteiger partial charge in [-0.2, -0.15) is 0 Å². The maximum atomic E-state index is 12.4. The standard InChI is InChI=1S/C14H12O5S/c1-9-12(20(17)10-6-4-3-5-7-10)8-11(13(15)18-2)14(16)19-9/h3-8H,1-2H3. The molecule has 5 nitrogen and oxygen atoms in total. The molecule has 1 aromatic carbocycles. The maximum absolute atomic E-state index is 12.4. The van der Waals surface area contributed by atoms with Crippen LogP contribution >= 0.6 is 0 Å². The third-order valence-corrected chi connectivity index (χ3v) is 4.16. The first kappa shape index (κ1) is 14.2. The van der Waals surface area contributed by atoms with Crippen LogP contribution in [0.4, 0.5) is 0 Å². The number of carbonyl (C=O) groups excluding carboxylic acids is 1.